The molecule has 0 unspecified atom stereocenters. The molecule has 5 nitrogen and oxygen atoms in total. The number of hydrogen-bond donors (Lipinski definition) is 2. The van der Waals surface area contributed by atoms with Gasteiger partial charge in [-0.3, -0.25) is 14.5 Å². The fourth-order valence-electron chi connectivity index (χ4n) is 4.31. The van der Waals surface area contributed by atoms with Crippen molar-refractivity contribution in [2.24, 2.45) is 5.92 Å². The van der Waals surface area contributed by atoms with Crippen LogP contribution in [0, 0.1) is 11.7 Å². The number of carbonyl (C=O) groups excluding carboxylic acids is 1. The van der Waals surface area contributed by atoms with Gasteiger partial charge in [-0.25, -0.2) is 4.39 Å². The molecule has 1 aromatic rings. The lowest BCUT2D eigenvalue weighted by Crippen LogP contribution is -2.47. The summed E-state index contributed by atoms with van der Waals surface area (Å²) in [6.07, 6.45) is 4.90. The molecule has 1 aliphatic carbocycles. The molecule has 136 valence electrons. The molecule has 2 aliphatic rings. The van der Waals surface area contributed by atoms with Gasteiger partial charge in [0.05, 0.1) is 12.6 Å². The average molecular weight is 348 g/mol. The molecule has 1 heterocycles. The second-order valence-electron chi connectivity index (χ2n) is 7.21. The number of hydrogen-bond acceptors (Lipinski definition) is 3. The Hall–Kier alpha value is -1.95. The summed E-state index contributed by atoms with van der Waals surface area (Å²) in [6.45, 7) is 1.94. The van der Waals surface area contributed by atoms with Gasteiger partial charge in [0, 0.05) is 6.04 Å². The Morgan fingerprint density at radius 2 is 1.96 bits per heavy atom. The van der Waals surface area contributed by atoms with Crippen LogP contribution in [0.5, 0.6) is 0 Å². The summed E-state index contributed by atoms with van der Waals surface area (Å²) in [4.78, 5) is 26.0. The van der Waals surface area contributed by atoms with Gasteiger partial charge in [-0.2, -0.15) is 0 Å². The number of rotatable bonds is 5. The van der Waals surface area contributed by atoms with Gasteiger partial charge in [-0.1, -0.05) is 25.0 Å². The van der Waals surface area contributed by atoms with Gasteiger partial charge in [0.2, 0.25) is 5.91 Å². The van der Waals surface area contributed by atoms with Crippen LogP contribution in [0.1, 0.15) is 50.6 Å². The number of carbonyl (C=O) groups is 2. The summed E-state index contributed by atoms with van der Waals surface area (Å²) in [6, 6.07) is 5.40. The first kappa shape index (κ1) is 17.9. The minimum atomic E-state index is -0.839. The monoisotopic (exact) mass is 348 g/mol. The van der Waals surface area contributed by atoms with Crippen LogP contribution < -0.4 is 5.32 Å². The number of carboxylic acid groups (broad SMARTS) is 1. The van der Waals surface area contributed by atoms with Crippen molar-refractivity contribution < 1.29 is 19.1 Å². The Labute approximate surface area is 147 Å². The molecule has 1 aliphatic heterocycles. The highest BCUT2D eigenvalue weighted by Gasteiger charge is 2.45. The molecule has 1 saturated carbocycles. The molecule has 4 atom stereocenters. The van der Waals surface area contributed by atoms with E-state index in [0.717, 1.165) is 31.2 Å². The molecule has 0 spiro atoms. The normalized spacial score (nSPS) is 27.5. The first-order valence-electron chi connectivity index (χ1n) is 8.99. The van der Waals surface area contributed by atoms with Gasteiger partial charge >= 0.3 is 5.97 Å². The second-order valence-corrected chi connectivity index (χ2v) is 7.21. The Morgan fingerprint density at radius 3 is 2.64 bits per heavy atom. The van der Waals surface area contributed by atoms with Crippen molar-refractivity contribution in [2.75, 3.05) is 6.54 Å². The predicted octanol–water partition coefficient (Wildman–Crippen LogP) is 2.72. The van der Waals surface area contributed by atoms with E-state index >= 15 is 0 Å². The summed E-state index contributed by atoms with van der Waals surface area (Å²) in [5.41, 5.74) is 0.821. The number of amides is 1. The van der Waals surface area contributed by atoms with Crippen molar-refractivity contribution in [2.45, 2.75) is 57.2 Å². The van der Waals surface area contributed by atoms with Gasteiger partial charge in [0.25, 0.3) is 0 Å². The zero-order valence-electron chi connectivity index (χ0n) is 14.5. The first-order valence-corrected chi connectivity index (χ1v) is 8.99. The molecule has 2 fully saturated rings. The minimum Gasteiger partial charge on any atom is -0.480 e. The van der Waals surface area contributed by atoms with Crippen molar-refractivity contribution in [1.82, 2.24) is 10.2 Å². The van der Waals surface area contributed by atoms with Gasteiger partial charge < -0.3 is 10.4 Å². The molecule has 0 aromatic heterocycles. The van der Waals surface area contributed by atoms with E-state index in [1.165, 1.54) is 12.1 Å². The highest BCUT2D eigenvalue weighted by atomic mass is 19.1. The standard InChI is InChI=1S/C19H25FN2O3/c1-12(13-6-8-15(20)9-7-13)21-18(23)11-22-16-5-3-2-4-14(16)10-17(22)19(24)25/h6-9,12,14,16-17H,2-5,10-11H2,1H3,(H,21,23)(H,24,25)/t12-,14+,16-,17-/m0/s1. The number of aliphatic carboxylic acids is 1. The quantitative estimate of drug-likeness (QED) is 0.858. The average Bonchev–Trinajstić information content (AvgIpc) is 2.94. The summed E-state index contributed by atoms with van der Waals surface area (Å²) in [5, 5.41) is 12.4. The van der Waals surface area contributed by atoms with E-state index < -0.39 is 12.0 Å². The maximum absolute atomic E-state index is 13.0. The van der Waals surface area contributed by atoms with E-state index in [1.54, 1.807) is 12.1 Å². The van der Waals surface area contributed by atoms with Crippen LogP contribution in [-0.4, -0.2) is 40.5 Å². The number of halogens is 1. The number of benzene rings is 1. The zero-order chi connectivity index (χ0) is 18.0. The summed E-state index contributed by atoms with van der Waals surface area (Å²) in [5.74, 6) is -0.952. The molecule has 1 saturated heterocycles. The maximum atomic E-state index is 13.0. The van der Waals surface area contributed by atoms with Gasteiger partial charge in [0.1, 0.15) is 11.9 Å². The topological polar surface area (TPSA) is 69.6 Å². The van der Waals surface area contributed by atoms with E-state index in [1.807, 2.05) is 11.8 Å². The molecular weight excluding hydrogens is 323 g/mol. The van der Waals surface area contributed by atoms with Crippen LogP contribution in [0.3, 0.4) is 0 Å². The Balaban J connectivity index is 1.64. The molecule has 0 radical (unpaired) electrons. The lowest BCUT2D eigenvalue weighted by atomic mass is 9.85. The number of carboxylic acids is 1. The second kappa shape index (κ2) is 7.52. The van der Waals surface area contributed by atoms with Crippen LogP contribution in [0.2, 0.25) is 0 Å². The van der Waals surface area contributed by atoms with E-state index in [-0.39, 0.29) is 30.4 Å². The van der Waals surface area contributed by atoms with E-state index in [4.69, 9.17) is 0 Å². The highest BCUT2D eigenvalue weighted by molar-refractivity contribution is 5.80. The van der Waals surface area contributed by atoms with Crippen molar-refractivity contribution in [1.29, 1.82) is 0 Å². The van der Waals surface area contributed by atoms with Crippen LogP contribution >= 0.6 is 0 Å². The predicted molar refractivity (Wildman–Crippen MR) is 91.5 cm³/mol. The third-order valence-corrected chi connectivity index (χ3v) is 5.58. The molecule has 0 bridgehead atoms. The molecule has 1 amide bonds. The van der Waals surface area contributed by atoms with Crippen molar-refractivity contribution >= 4 is 11.9 Å². The van der Waals surface area contributed by atoms with Gasteiger partial charge in [0.15, 0.2) is 0 Å². The largest absolute Gasteiger partial charge is 0.480 e. The van der Waals surface area contributed by atoms with Gasteiger partial charge in [-0.05, 0) is 49.8 Å². The number of nitrogens with one attached hydrogen (secondary N) is 1. The summed E-state index contributed by atoms with van der Waals surface area (Å²) in [7, 11) is 0. The zero-order valence-corrected chi connectivity index (χ0v) is 14.5. The lowest BCUT2D eigenvalue weighted by Gasteiger charge is -2.32. The molecular formula is C19H25FN2O3. The Bertz CT molecular complexity index is 634. The smallest absolute Gasteiger partial charge is 0.320 e. The van der Waals surface area contributed by atoms with E-state index in [0.29, 0.717) is 12.3 Å². The lowest BCUT2D eigenvalue weighted by molar-refractivity contribution is -0.143. The molecule has 2 N–H and O–H groups in total. The number of likely N-dealkylation sites (tertiary alicyclic amines) is 1. The summed E-state index contributed by atoms with van der Waals surface area (Å²) >= 11 is 0. The number of nitrogens with zero attached hydrogens (tertiary/aromatic N) is 1. The Morgan fingerprint density at radius 1 is 1.28 bits per heavy atom. The maximum Gasteiger partial charge on any atom is 0.320 e. The summed E-state index contributed by atoms with van der Waals surface area (Å²) < 4.78 is 13.0. The van der Waals surface area contributed by atoms with Gasteiger partial charge in [-0.15, -0.1) is 0 Å². The SMILES string of the molecule is C[C@H](NC(=O)CN1[C@H](C(=O)O)C[C@H]2CCCC[C@@H]21)c1ccc(F)cc1. The molecule has 1 aromatic carbocycles. The van der Waals surface area contributed by atoms with Crippen molar-refractivity contribution in [3.8, 4) is 0 Å². The fraction of sp³-hybridized carbons (Fsp3) is 0.579. The highest BCUT2D eigenvalue weighted by Crippen LogP contribution is 2.39. The van der Waals surface area contributed by atoms with Crippen LogP contribution in [0.15, 0.2) is 24.3 Å². The fourth-order valence-corrected chi connectivity index (χ4v) is 4.31. The molecule has 3 rings (SSSR count). The Kier molecular flexibility index (Phi) is 5.37. The third-order valence-electron chi connectivity index (χ3n) is 5.58. The van der Waals surface area contributed by atoms with Crippen LogP contribution in [0.25, 0.3) is 0 Å². The van der Waals surface area contributed by atoms with E-state index in [9.17, 15) is 19.1 Å². The van der Waals surface area contributed by atoms with Crippen LogP contribution in [-0.2, 0) is 9.59 Å². The van der Waals surface area contributed by atoms with Crippen molar-refractivity contribution in [3.63, 3.8) is 0 Å². The van der Waals surface area contributed by atoms with Crippen molar-refractivity contribution in [3.05, 3.63) is 35.6 Å². The van der Waals surface area contributed by atoms with Crippen LogP contribution in [0.4, 0.5) is 4.39 Å². The van der Waals surface area contributed by atoms with E-state index in [2.05, 4.69) is 5.32 Å². The third kappa shape index (κ3) is 4.00. The minimum absolute atomic E-state index is 0.101. The molecule has 25 heavy (non-hydrogen) atoms. The number of fused-ring (bicyclic) bond motifs is 1. The first-order chi connectivity index (χ1) is 12.0. The molecule has 6 heteroatoms.